The van der Waals surface area contributed by atoms with E-state index in [1.807, 2.05) is 0 Å². The second kappa shape index (κ2) is 7.98. The van der Waals surface area contributed by atoms with E-state index in [0.29, 0.717) is 33.5 Å². The highest BCUT2D eigenvalue weighted by atomic mass is 35.5. The molecule has 150 valence electrons. The Balaban J connectivity index is 1.38. The van der Waals surface area contributed by atoms with Gasteiger partial charge in [-0.15, -0.1) is 0 Å². The van der Waals surface area contributed by atoms with Gasteiger partial charge in [0.2, 0.25) is 10.0 Å². The van der Waals surface area contributed by atoms with Crippen LogP contribution in [-0.4, -0.2) is 15.0 Å². The first kappa shape index (κ1) is 20.2. The predicted molar refractivity (Wildman–Crippen MR) is 116 cm³/mol. The maximum atomic E-state index is 12.5. The van der Waals surface area contributed by atoms with Crippen molar-refractivity contribution in [2.45, 2.75) is 55.6 Å². The molecule has 1 spiro atoms. The molecule has 28 heavy (non-hydrogen) atoms. The zero-order valence-corrected chi connectivity index (χ0v) is 18.1. The normalized spacial score (nSPS) is 20.6. The Kier molecular flexibility index (Phi) is 5.76. The van der Waals surface area contributed by atoms with Crippen molar-refractivity contribution in [2.75, 3.05) is 6.54 Å². The van der Waals surface area contributed by atoms with E-state index in [1.165, 1.54) is 36.8 Å². The van der Waals surface area contributed by atoms with Crippen molar-refractivity contribution >= 4 is 33.2 Å². The van der Waals surface area contributed by atoms with Gasteiger partial charge in [0, 0.05) is 6.54 Å². The van der Waals surface area contributed by atoms with Gasteiger partial charge in [0.05, 0.1) is 15.8 Å². The van der Waals surface area contributed by atoms with Crippen LogP contribution in [0.25, 0.3) is 0 Å². The molecular weight excluding hydrogens is 413 g/mol. The molecule has 1 unspecified atom stereocenters. The molecule has 0 radical (unpaired) electrons. The maximum Gasteiger partial charge on any atom is 0.215 e. The summed E-state index contributed by atoms with van der Waals surface area (Å²) in [5.74, 6) is 0.337. The molecule has 6 heteroatoms. The van der Waals surface area contributed by atoms with E-state index >= 15 is 0 Å². The standard InChI is InChI=1S/C22H25Cl2NO2S/c23-20-7-6-16(14-21(20)24)15-28(26,27)25-13-9-17-8-12-22(10-3-11-22)19-5-2-1-4-18(17)19/h1-2,4-7,14,17,25H,3,8-13,15H2. The molecule has 2 aliphatic carbocycles. The fraction of sp³-hybridized carbons (Fsp3) is 0.455. The third kappa shape index (κ3) is 4.11. The van der Waals surface area contributed by atoms with Gasteiger partial charge in [-0.05, 0) is 72.3 Å². The van der Waals surface area contributed by atoms with Gasteiger partial charge < -0.3 is 0 Å². The van der Waals surface area contributed by atoms with E-state index in [2.05, 4.69) is 29.0 Å². The summed E-state index contributed by atoms with van der Waals surface area (Å²) in [5, 5.41) is 0.800. The van der Waals surface area contributed by atoms with Gasteiger partial charge in [0.25, 0.3) is 0 Å². The largest absolute Gasteiger partial charge is 0.215 e. The number of nitrogens with one attached hydrogen (secondary N) is 1. The van der Waals surface area contributed by atoms with Gasteiger partial charge >= 0.3 is 0 Å². The highest BCUT2D eigenvalue weighted by Gasteiger charge is 2.43. The van der Waals surface area contributed by atoms with Gasteiger partial charge in [0.1, 0.15) is 0 Å². The number of hydrogen-bond donors (Lipinski definition) is 1. The Labute approximate surface area is 177 Å². The molecule has 2 aromatic rings. The molecule has 0 amide bonds. The van der Waals surface area contributed by atoms with Gasteiger partial charge in [-0.2, -0.15) is 0 Å². The van der Waals surface area contributed by atoms with Gasteiger partial charge in [-0.1, -0.05) is 60.0 Å². The Hall–Kier alpha value is -1.07. The van der Waals surface area contributed by atoms with E-state index in [-0.39, 0.29) is 5.75 Å². The number of hydrogen-bond acceptors (Lipinski definition) is 2. The molecule has 1 N–H and O–H groups in total. The molecular formula is C22H25Cl2NO2S. The fourth-order valence-corrected chi connectivity index (χ4v) is 6.26. The van der Waals surface area contributed by atoms with Crippen LogP contribution < -0.4 is 4.72 Å². The predicted octanol–water partition coefficient (Wildman–Crippen LogP) is 5.80. The lowest BCUT2D eigenvalue weighted by atomic mass is 9.56. The van der Waals surface area contributed by atoms with E-state index in [9.17, 15) is 8.42 Å². The van der Waals surface area contributed by atoms with Crippen molar-refractivity contribution in [1.82, 2.24) is 4.72 Å². The van der Waals surface area contributed by atoms with E-state index in [1.54, 1.807) is 18.2 Å². The molecule has 4 rings (SSSR count). The third-order valence-electron chi connectivity index (χ3n) is 6.41. The lowest BCUT2D eigenvalue weighted by molar-refractivity contribution is 0.197. The smallest absolute Gasteiger partial charge is 0.215 e. The van der Waals surface area contributed by atoms with Crippen molar-refractivity contribution < 1.29 is 8.42 Å². The zero-order chi connectivity index (χ0) is 19.8. The van der Waals surface area contributed by atoms with Crippen LogP contribution in [0, 0.1) is 0 Å². The number of sulfonamides is 1. The average Bonchev–Trinajstić information content (AvgIpc) is 2.63. The number of rotatable bonds is 6. The fourth-order valence-electron chi connectivity index (χ4n) is 4.79. The topological polar surface area (TPSA) is 46.2 Å². The minimum Gasteiger partial charge on any atom is -0.215 e. The summed E-state index contributed by atoms with van der Waals surface area (Å²) in [7, 11) is -3.41. The van der Waals surface area contributed by atoms with Crippen LogP contribution in [0.5, 0.6) is 0 Å². The van der Waals surface area contributed by atoms with Crippen LogP contribution in [0.15, 0.2) is 42.5 Å². The van der Waals surface area contributed by atoms with E-state index in [4.69, 9.17) is 23.2 Å². The SMILES string of the molecule is O=S(=O)(Cc1ccc(Cl)c(Cl)c1)NCCC1CCC2(CCC2)c2ccccc21. The Bertz CT molecular complexity index is 970. The highest BCUT2D eigenvalue weighted by Crippen LogP contribution is 2.54. The summed E-state index contributed by atoms with van der Waals surface area (Å²) in [5.41, 5.74) is 3.98. The van der Waals surface area contributed by atoms with Crippen molar-refractivity contribution in [3.05, 3.63) is 69.2 Å². The minimum absolute atomic E-state index is 0.0890. The zero-order valence-electron chi connectivity index (χ0n) is 15.8. The summed E-state index contributed by atoms with van der Waals surface area (Å²) < 4.78 is 27.7. The molecule has 0 heterocycles. The number of fused-ring (bicyclic) bond motifs is 2. The summed E-state index contributed by atoms with van der Waals surface area (Å²) in [6.07, 6.45) is 7.12. The molecule has 1 atom stereocenters. The first-order valence-corrected chi connectivity index (χ1v) is 12.3. The molecule has 2 aliphatic rings. The van der Waals surface area contributed by atoms with Crippen LogP contribution in [0.4, 0.5) is 0 Å². The lowest BCUT2D eigenvalue weighted by Gasteiger charge is -2.48. The van der Waals surface area contributed by atoms with Crippen LogP contribution in [0.1, 0.15) is 61.1 Å². The molecule has 0 aliphatic heterocycles. The van der Waals surface area contributed by atoms with Crippen molar-refractivity contribution in [3.8, 4) is 0 Å². The Morgan fingerprint density at radius 1 is 1.04 bits per heavy atom. The molecule has 3 nitrogen and oxygen atoms in total. The van der Waals surface area contributed by atoms with Crippen LogP contribution in [-0.2, 0) is 21.2 Å². The molecule has 1 fully saturated rings. The molecule has 0 aromatic heterocycles. The lowest BCUT2D eigenvalue weighted by Crippen LogP contribution is -2.39. The first-order valence-electron chi connectivity index (χ1n) is 9.89. The van der Waals surface area contributed by atoms with E-state index in [0.717, 1.165) is 12.8 Å². The van der Waals surface area contributed by atoms with Crippen LogP contribution in [0.3, 0.4) is 0 Å². The number of benzene rings is 2. The average molecular weight is 438 g/mol. The molecule has 0 bridgehead atoms. The summed E-state index contributed by atoms with van der Waals surface area (Å²) in [6, 6.07) is 13.7. The molecule has 1 saturated carbocycles. The maximum absolute atomic E-state index is 12.5. The van der Waals surface area contributed by atoms with Crippen LogP contribution >= 0.6 is 23.2 Å². The van der Waals surface area contributed by atoms with Crippen LogP contribution in [0.2, 0.25) is 10.0 Å². The van der Waals surface area contributed by atoms with Gasteiger partial charge in [0.15, 0.2) is 0 Å². The first-order chi connectivity index (χ1) is 13.4. The Morgan fingerprint density at radius 2 is 1.82 bits per heavy atom. The molecule has 2 aromatic carbocycles. The second-order valence-electron chi connectivity index (χ2n) is 8.15. The highest BCUT2D eigenvalue weighted by molar-refractivity contribution is 7.88. The van der Waals surface area contributed by atoms with Gasteiger partial charge in [-0.3, -0.25) is 0 Å². The monoisotopic (exact) mass is 437 g/mol. The number of halogens is 2. The summed E-state index contributed by atoms with van der Waals surface area (Å²) in [6.45, 7) is 0.454. The second-order valence-corrected chi connectivity index (χ2v) is 10.8. The molecule has 0 saturated heterocycles. The van der Waals surface area contributed by atoms with E-state index < -0.39 is 10.0 Å². The Morgan fingerprint density at radius 3 is 2.54 bits per heavy atom. The minimum atomic E-state index is -3.41. The van der Waals surface area contributed by atoms with Crippen molar-refractivity contribution in [2.24, 2.45) is 0 Å². The summed E-state index contributed by atoms with van der Waals surface area (Å²) >= 11 is 11.9. The van der Waals surface area contributed by atoms with Crippen molar-refractivity contribution in [3.63, 3.8) is 0 Å². The third-order valence-corrected chi connectivity index (χ3v) is 8.51. The summed E-state index contributed by atoms with van der Waals surface area (Å²) in [4.78, 5) is 0. The van der Waals surface area contributed by atoms with Gasteiger partial charge in [-0.25, -0.2) is 13.1 Å². The quantitative estimate of drug-likeness (QED) is 0.620. The van der Waals surface area contributed by atoms with Crippen molar-refractivity contribution in [1.29, 1.82) is 0 Å².